The van der Waals surface area contributed by atoms with E-state index >= 15 is 0 Å². The van der Waals surface area contributed by atoms with E-state index < -0.39 is 29.4 Å². The standard InChI is InChI=1S/C15H28N4O3/c1-9(17-5)13(21)18-11(15(2,3)4)14(22)19-8-6-7-10(19)12(16)20/h9-11,17H,6-8H2,1-5H3,(H2,16,20)(H,18,21)/t9-,10?,11+/m0/s1. The van der Waals surface area contributed by atoms with E-state index in [1.54, 1.807) is 14.0 Å². The van der Waals surface area contributed by atoms with Gasteiger partial charge in [0.25, 0.3) is 0 Å². The molecular weight excluding hydrogens is 284 g/mol. The van der Waals surface area contributed by atoms with E-state index in [9.17, 15) is 14.4 Å². The summed E-state index contributed by atoms with van der Waals surface area (Å²) in [6.07, 6.45) is 1.33. The molecule has 3 atom stereocenters. The molecule has 1 saturated heterocycles. The van der Waals surface area contributed by atoms with Crippen LogP contribution in [0.15, 0.2) is 0 Å². The van der Waals surface area contributed by atoms with Crippen LogP contribution in [-0.4, -0.2) is 54.3 Å². The molecule has 0 aromatic rings. The second-order valence-corrected chi connectivity index (χ2v) is 6.91. The molecule has 1 unspecified atom stereocenters. The van der Waals surface area contributed by atoms with E-state index in [1.807, 2.05) is 20.8 Å². The van der Waals surface area contributed by atoms with Crippen LogP contribution in [0.25, 0.3) is 0 Å². The highest BCUT2D eigenvalue weighted by Crippen LogP contribution is 2.25. The Labute approximate surface area is 132 Å². The second-order valence-electron chi connectivity index (χ2n) is 6.91. The molecule has 126 valence electrons. The summed E-state index contributed by atoms with van der Waals surface area (Å²) in [5, 5.41) is 5.64. The molecule has 1 heterocycles. The third-order valence-electron chi connectivity index (χ3n) is 4.09. The minimum Gasteiger partial charge on any atom is -0.368 e. The highest BCUT2D eigenvalue weighted by molar-refractivity contribution is 5.93. The van der Waals surface area contributed by atoms with Crippen molar-refractivity contribution >= 4 is 17.7 Å². The number of hydrogen-bond acceptors (Lipinski definition) is 4. The summed E-state index contributed by atoms with van der Waals surface area (Å²) in [5.74, 6) is -0.982. The Bertz CT molecular complexity index is 445. The summed E-state index contributed by atoms with van der Waals surface area (Å²) in [6.45, 7) is 7.87. The van der Waals surface area contributed by atoms with E-state index in [0.717, 1.165) is 6.42 Å². The van der Waals surface area contributed by atoms with Gasteiger partial charge in [0.1, 0.15) is 12.1 Å². The summed E-state index contributed by atoms with van der Waals surface area (Å²) in [6, 6.07) is -1.67. The first-order valence-electron chi connectivity index (χ1n) is 7.67. The molecule has 1 aliphatic heterocycles. The fourth-order valence-corrected chi connectivity index (χ4v) is 2.54. The van der Waals surface area contributed by atoms with Crippen molar-refractivity contribution in [1.29, 1.82) is 0 Å². The molecule has 3 amide bonds. The van der Waals surface area contributed by atoms with E-state index in [-0.39, 0.29) is 11.8 Å². The van der Waals surface area contributed by atoms with E-state index in [4.69, 9.17) is 5.73 Å². The van der Waals surface area contributed by atoms with Crippen LogP contribution in [-0.2, 0) is 14.4 Å². The highest BCUT2D eigenvalue weighted by Gasteiger charge is 2.41. The molecule has 0 saturated carbocycles. The molecule has 1 rings (SSSR count). The lowest BCUT2D eigenvalue weighted by Gasteiger charge is -2.35. The topological polar surface area (TPSA) is 105 Å². The molecule has 0 aromatic heterocycles. The van der Waals surface area contributed by atoms with Crippen molar-refractivity contribution < 1.29 is 14.4 Å². The normalized spacial score (nSPS) is 21.3. The van der Waals surface area contributed by atoms with Crippen molar-refractivity contribution in [2.75, 3.05) is 13.6 Å². The maximum atomic E-state index is 12.8. The predicted octanol–water partition coefficient (Wildman–Crippen LogP) is -0.398. The zero-order valence-corrected chi connectivity index (χ0v) is 14.1. The zero-order valence-electron chi connectivity index (χ0n) is 14.1. The van der Waals surface area contributed by atoms with Crippen molar-refractivity contribution in [2.24, 2.45) is 11.1 Å². The van der Waals surface area contributed by atoms with Crippen molar-refractivity contribution in [3.63, 3.8) is 0 Å². The fourth-order valence-electron chi connectivity index (χ4n) is 2.54. The largest absolute Gasteiger partial charge is 0.368 e. The summed E-state index contributed by atoms with van der Waals surface area (Å²) < 4.78 is 0. The number of likely N-dealkylation sites (N-methyl/N-ethyl adjacent to an activating group) is 1. The van der Waals surface area contributed by atoms with Crippen LogP contribution in [0.1, 0.15) is 40.5 Å². The van der Waals surface area contributed by atoms with Gasteiger partial charge in [-0.15, -0.1) is 0 Å². The first kappa shape index (κ1) is 18.4. The van der Waals surface area contributed by atoms with Gasteiger partial charge in [0, 0.05) is 6.54 Å². The summed E-state index contributed by atoms with van der Waals surface area (Å²) in [7, 11) is 1.68. The average Bonchev–Trinajstić information content (AvgIpc) is 2.91. The molecule has 4 N–H and O–H groups in total. The summed E-state index contributed by atoms with van der Waals surface area (Å²) in [5.41, 5.74) is 4.91. The highest BCUT2D eigenvalue weighted by atomic mass is 16.2. The molecule has 0 spiro atoms. The quantitative estimate of drug-likeness (QED) is 0.642. The van der Waals surface area contributed by atoms with Crippen LogP contribution in [0.4, 0.5) is 0 Å². The van der Waals surface area contributed by atoms with Crippen LogP contribution in [0, 0.1) is 5.41 Å². The molecule has 0 radical (unpaired) electrons. The van der Waals surface area contributed by atoms with E-state index in [0.29, 0.717) is 13.0 Å². The number of primary amides is 1. The second kappa shape index (κ2) is 7.09. The fraction of sp³-hybridized carbons (Fsp3) is 0.800. The maximum absolute atomic E-state index is 12.8. The Morgan fingerprint density at radius 2 is 1.86 bits per heavy atom. The Hall–Kier alpha value is -1.63. The third kappa shape index (κ3) is 4.19. The van der Waals surface area contributed by atoms with Gasteiger partial charge in [-0.1, -0.05) is 20.8 Å². The van der Waals surface area contributed by atoms with Gasteiger partial charge in [0.15, 0.2) is 0 Å². The molecule has 1 fully saturated rings. The Balaban J connectivity index is 2.95. The zero-order chi connectivity index (χ0) is 17.1. The number of nitrogens with zero attached hydrogens (tertiary/aromatic N) is 1. The monoisotopic (exact) mass is 312 g/mol. The van der Waals surface area contributed by atoms with Crippen LogP contribution in [0.5, 0.6) is 0 Å². The van der Waals surface area contributed by atoms with E-state index in [1.165, 1.54) is 4.90 Å². The lowest BCUT2D eigenvalue weighted by molar-refractivity contribution is -0.143. The van der Waals surface area contributed by atoms with Gasteiger partial charge in [0.2, 0.25) is 17.7 Å². The minimum absolute atomic E-state index is 0.245. The number of nitrogens with one attached hydrogen (secondary N) is 2. The van der Waals surface area contributed by atoms with E-state index in [2.05, 4.69) is 10.6 Å². The third-order valence-corrected chi connectivity index (χ3v) is 4.09. The molecular formula is C15H28N4O3. The SMILES string of the molecule is CN[C@@H](C)C(=O)N[C@H](C(=O)N1CCCC1C(N)=O)C(C)(C)C. The molecule has 0 bridgehead atoms. The molecule has 0 aromatic carbocycles. The Kier molecular flexibility index (Phi) is 5.93. The number of carbonyl (C=O) groups excluding carboxylic acids is 3. The Morgan fingerprint density at radius 1 is 1.27 bits per heavy atom. The first-order valence-corrected chi connectivity index (χ1v) is 7.67. The average molecular weight is 312 g/mol. The molecule has 0 aliphatic carbocycles. The maximum Gasteiger partial charge on any atom is 0.246 e. The molecule has 22 heavy (non-hydrogen) atoms. The van der Waals surface area contributed by atoms with Crippen LogP contribution in [0.2, 0.25) is 0 Å². The first-order chi connectivity index (χ1) is 10.1. The number of likely N-dealkylation sites (tertiary alicyclic amines) is 1. The molecule has 1 aliphatic rings. The van der Waals surface area contributed by atoms with Crippen LogP contribution in [0.3, 0.4) is 0 Å². The Morgan fingerprint density at radius 3 is 2.32 bits per heavy atom. The van der Waals surface area contributed by atoms with Gasteiger partial charge < -0.3 is 21.3 Å². The van der Waals surface area contributed by atoms with Gasteiger partial charge in [-0.2, -0.15) is 0 Å². The van der Waals surface area contributed by atoms with Gasteiger partial charge in [-0.25, -0.2) is 0 Å². The number of carbonyl (C=O) groups is 3. The van der Waals surface area contributed by atoms with Crippen molar-refractivity contribution in [3.8, 4) is 0 Å². The van der Waals surface area contributed by atoms with Crippen LogP contribution >= 0.6 is 0 Å². The predicted molar refractivity (Wildman–Crippen MR) is 83.8 cm³/mol. The van der Waals surface area contributed by atoms with Gasteiger partial charge in [-0.05, 0) is 32.2 Å². The van der Waals surface area contributed by atoms with Crippen molar-refractivity contribution in [3.05, 3.63) is 0 Å². The van der Waals surface area contributed by atoms with Gasteiger partial charge in [-0.3, -0.25) is 14.4 Å². The lowest BCUT2D eigenvalue weighted by atomic mass is 9.85. The van der Waals surface area contributed by atoms with Gasteiger partial charge in [0.05, 0.1) is 6.04 Å². The lowest BCUT2D eigenvalue weighted by Crippen LogP contribution is -2.59. The van der Waals surface area contributed by atoms with Gasteiger partial charge >= 0.3 is 0 Å². The van der Waals surface area contributed by atoms with Crippen molar-refractivity contribution in [2.45, 2.75) is 58.7 Å². The summed E-state index contributed by atoms with van der Waals surface area (Å²) >= 11 is 0. The minimum atomic E-state index is -0.698. The number of rotatable bonds is 5. The molecule has 7 nitrogen and oxygen atoms in total. The number of nitrogens with two attached hydrogens (primary N) is 1. The summed E-state index contributed by atoms with van der Waals surface area (Å²) in [4.78, 5) is 38.0. The number of amides is 3. The van der Waals surface area contributed by atoms with Crippen LogP contribution < -0.4 is 16.4 Å². The van der Waals surface area contributed by atoms with Crippen molar-refractivity contribution in [1.82, 2.24) is 15.5 Å². The smallest absolute Gasteiger partial charge is 0.246 e. The molecule has 7 heteroatoms. The number of hydrogen-bond donors (Lipinski definition) is 3.